The molecule has 1 rings (SSSR count). The summed E-state index contributed by atoms with van der Waals surface area (Å²) in [6, 6.07) is -0.532. The van der Waals surface area contributed by atoms with Gasteiger partial charge in [0, 0.05) is 11.0 Å². The third kappa shape index (κ3) is 6.93. The van der Waals surface area contributed by atoms with Crippen molar-refractivity contribution in [2.45, 2.75) is 43.7 Å². The Labute approximate surface area is 118 Å². The molecule has 1 atom stereocenters. The van der Waals surface area contributed by atoms with Crippen LogP contribution < -0.4 is 5.73 Å². The third-order valence-corrected chi connectivity index (χ3v) is 4.48. The van der Waals surface area contributed by atoms with Crippen LogP contribution in [0.3, 0.4) is 0 Å². The molecule has 0 radical (unpaired) electrons. The second-order valence-corrected chi connectivity index (χ2v) is 9.54. The molecule has 0 aliphatic heterocycles. The first-order valence-electron chi connectivity index (χ1n) is 5.96. The molecule has 0 saturated heterocycles. The largest absolute Gasteiger partial charge is 0.338 e. The van der Waals surface area contributed by atoms with Crippen LogP contribution in [-0.4, -0.2) is 35.3 Å². The van der Waals surface area contributed by atoms with Crippen LogP contribution in [0, 0.1) is 0 Å². The fourth-order valence-corrected chi connectivity index (χ4v) is 2.58. The lowest BCUT2D eigenvalue weighted by Gasteiger charge is -2.15. The lowest BCUT2D eigenvalue weighted by atomic mass is 10.2. The van der Waals surface area contributed by atoms with E-state index in [2.05, 4.69) is 30.9 Å². The molecule has 0 saturated carbocycles. The number of hydrogen-bond acceptors (Lipinski definition) is 7. The molecule has 8 heteroatoms. The Bertz CT molecular complexity index is 506. The highest BCUT2D eigenvalue weighted by Crippen LogP contribution is 2.26. The minimum Gasteiger partial charge on any atom is -0.338 e. The van der Waals surface area contributed by atoms with Gasteiger partial charge in [-0.1, -0.05) is 25.9 Å². The average molecular weight is 307 g/mol. The van der Waals surface area contributed by atoms with Crippen molar-refractivity contribution in [3.8, 4) is 0 Å². The average Bonchev–Trinajstić information content (AvgIpc) is 2.69. The van der Waals surface area contributed by atoms with Crippen LogP contribution in [0.5, 0.6) is 0 Å². The molecular formula is C11H21N3O3S2. The normalized spacial score (nSPS) is 14.6. The number of sulfone groups is 1. The molecule has 1 aromatic heterocycles. The van der Waals surface area contributed by atoms with Gasteiger partial charge in [-0.15, -0.1) is 11.8 Å². The summed E-state index contributed by atoms with van der Waals surface area (Å²) in [6.07, 6.45) is 1.46. The molecule has 1 unspecified atom stereocenters. The number of rotatable bonds is 6. The monoisotopic (exact) mass is 307 g/mol. The highest BCUT2D eigenvalue weighted by Gasteiger charge is 2.18. The van der Waals surface area contributed by atoms with E-state index in [4.69, 9.17) is 10.3 Å². The quantitative estimate of drug-likeness (QED) is 0.850. The molecule has 1 aromatic rings. The zero-order valence-corrected chi connectivity index (χ0v) is 13.3. The van der Waals surface area contributed by atoms with E-state index < -0.39 is 15.9 Å². The fourth-order valence-electron chi connectivity index (χ4n) is 1.22. The Morgan fingerprint density at radius 1 is 1.42 bits per heavy atom. The van der Waals surface area contributed by atoms with Crippen LogP contribution in [0.2, 0.25) is 0 Å². The van der Waals surface area contributed by atoms with E-state index in [1.54, 1.807) is 11.8 Å². The van der Waals surface area contributed by atoms with Crippen LogP contribution in [0.15, 0.2) is 4.52 Å². The van der Waals surface area contributed by atoms with Crippen LogP contribution >= 0.6 is 11.8 Å². The Hall–Kier alpha value is -0.600. The van der Waals surface area contributed by atoms with E-state index in [0.717, 1.165) is 0 Å². The zero-order chi connectivity index (χ0) is 14.7. The van der Waals surface area contributed by atoms with Gasteiger partial charge in [-0.05, 0) is 6.42 Å². The molecule has 0 aliphatic carbocycles. The predicted molar refractivity (Wildman–Crippen MR) is 76.6 cm³/mol. The van der Waals surface area contributed by atoms with Gasteiger partial charge < -0.3 is 10.3 Å². The van der Waals surface area contributed by atoms with E-state index in [1.165, 1.54) is 6.26 Å². The van der Waals surface area contributed by atoms with Crippen molar-refractivity contribution in [1.29, 1.82) is 0 Å². The maximum Gasteiger partial charge on any atom is 0.243 e. The van der Waals surface area contributed by atoms with Crippen LogP contribution in [-0.2, 0) is 15.6 Å². The summed E-state index contributed by atoms with van der Waals surface area (Å²) in [5.74, 6) is 1.55. The molecule has 0 aliphatic rings. The Balaban J connectivity index is 2.54. The predicted octanol–water partition coefficient (Wildman–Crippen LogP) is 1.54. The highest BCUT2D eigenvalue weighted by atomic mass is 32.2. The summed E-state index contributed by atoms with van der Waals surface area (Å²) in [4.78, 5) is 4.20. The topological polar surface area (TPSA) is 99.1 Å². The van der Waals surface area contributed by atoms with Crippen molar-refractivity contribution in [1.82, 2.24) is 10.1 Å². The van der Waals surface area contributed by atoms with E-state index in [1.807, 2.05) is 0 Å². The Morgan fingerprint density at radius 2 is 2.05 bits per heavy atom. The molecule has 0 aromatic carbocycles. The van der Waals surface area contributed by atoms with Crippen LogP contribution in [0.25, 0.3) is 0 Å². The molecular weight excluding hydrogens is 286 g/mol. The van der Waals surface area contributed by atoms with Crippen molar-refractivity contribution in [2.24, 2.45) is 5.73 Å². The number of aromatic nitrogens is 2. The fraction of sp³-hybridized carbons (Fsp3) is 0.818. The molecule has 0 bridgehead atoms. The SMILES string of the molecule is CC(C)(C)SCc1noc(C(N)CCS(C)(=O)=O)n1. The van der Waals surface area contributed by atoms with Gasteiger partial charge in [0.15, 0.2) is 5.82 Å². The zero-order valence-electron chi connectivity index (χ0n) is 11.7. The second-order valence-electron chi connectivity index (χ2n) is 5.47. The summed E-state index contributed by atoms with van der Waals surface area (Å²) in [5, 5.41) is 3.85. The molecule has 110 valence electrons. The van der Waals surface area contributed by atoms with Gasteiger partial charge in [-0.2, -0.15) is 4.98 Å². The van der Waals surface area contributed by atoms with Gasteiger partial charge in [0.2, 0.25) is 5.89 Å². The van der Waals surface area contributed by atoms with E-state index in [9.17, 15) is 8.42 Å². The van der Waals surface area contributed by atoms with Gasteiger partial charge >= 0.3 is 0 Å². The number of nitrogens with two attached hydrogens (primary N) is 1. The van der Waals surface area contributed by atoms with Gasteiger partial charge in [0.25, 0.3) is 0 Å². The maximum absolute atomic E-state index is 11.1. The summed E-state index contributed by atoms with van der Waals surface area (Å²) in [7, 11) is -3.02. The first-order chi connectivity index (χ1) is 8.57. The van der Waals surface area contributed by atoms with Gasteiger partial charge in [0.05, 0.1) is 17.5 Å². The number of thioether (sulfide) groups is 1. The molecule has 2 N–H and O–H groups in total. The van der Waals surface area contributed by atoms with E-state index >= 15 is 0 Å². The summed E-state index contributed by atoms with van der Waals surface area (Å²) < 4.78 is 27.3. The summed E-state index contributed by atoms with van der Waals surface area (Å²) in [6.45, 7) is 6.32. The summed E-state index contributed by atoms with van der Waals surface area (Å²) >= 11 is 1.71. The Morgan fingerprint density at radius 3 is 2.58 bits per heavy atom. The first kappa shape index (κ1) is 16.5. The lowest BCUT2D eigenvalue weighted by Crippen LogP contribution is -2.16. The van der Waals surface area contributed by atoms with Crippen LogP contribution in [0.1, 0.15) is 44.9 Å². The number of nitrogens with zero attached hydrogens (tertiary/aromatic N) is 2. The van der Waals surface area contributed by atoms with Crippen molar-refractivity contribution >= 4 is 21.6 Å². The van der Waals surface area contributed by atoms with Gasteiger partial charge in [-0.3, -0.25) is 0 Å². The highest BCUT2D eigenvalue weighted by molar-refractivity contribution is 7.99. The first-order valence-corrected chi connectivity index (χ1v) is 9.01. The minimum absolute atomic E-state index is 0.0165. The lowest BCUT2D eigenvalue weighted by molar-refractivity contribution is 0.349. The summed E-state index contributed by atoms with van der Waals surface area (Å²) in [5.41, 5.74) is 5.83. The second kappa shape index (κ2) is 6.23. The molecule has 1 heterocycles. The molecule has 6 nitrogen and oxygen atoms in total. The van der Waals surface area contributed by atoms with Crippen molar-refractivity contribution in [2.75, 3.05) is 12.0 Å². The van der Waals surface area contributed by atoms with Gasteiger partial charge in [-0.25, -0.2) is 8.42 Å². The minimum atomic E-state index is -3.02. The van der Waals surface area contributed by atoms with Crippen LogP contribution in [0.4, 0.5) is 0 Å². The van der Waals surface area contributed by atoms with Crippen molar-refractivity contribution in [3.05, 3.63) is 11.7 Å². The van der Waals surface area contributed by atoms with E-state index in [-0.39, 0.29) is 16.9 Å². The van der Waals surface area contributed by atoms with Crippen molar-refractivity contribution in [3.63, 3.8) is 0 Å². The molecule has 0 amide bonds. The van der Waals surface area contributed by atoms with Gasteiger partial charge in [0.1, 0.15) is 9.84 Å². The maximum atomic E-state index is 11.1. The number of hydrogen-bond donors (Lipinski definition) is 1. The molecule has 0 fully saturated rings. The third-order valence-electron chi connectivity index (χ3n) is 2.23. The smallest absolute Gasteiger partial charge is 0.243 e. The standard InChI is InChI=1S/C11H21N3O3S2/c1-11(2,3)18-7-9-13-10(17-14-9)8(12)5-6-19(4,15)16/h8H,5-7,12H2,1-4H3. The van der Waals surface area contributed by atoms with Crippen molar-refractivity contribution < 1.29 is 12.9 Å². The Kier molecular flexibility index (Phi) is 5.40. The van der Waals surface area contributed by atoms with E-state index in [0.29, 0.717) is 17.5 Å². The molecule has 0 spiro atoms. The molecule has 19 heavy (non-hydrogen) atoms.